The summed E-state index contributed by atoms with van der Waals surface area (Å²) in [6, 6.07) is 0. The highest BCUT2D eigenvalue weighted by atomic mass is 32.2. The van der Waals surface area contributed by atoms with E-state index in [2.05, 4.69) is 9.26 Å². The van der Waals surface area contributed by atoms with Crippen LogP contribution in [0.5, 0.6) is 0 Å². The fourth-order valence-corrected chi connectivity index (χ4v) is 2.66. The molecule has 1 heterocycles. The molecule has 7 heteroatoms. The van der Waals surface area contributed by atoms with Crippen LogP contribution in [0.2, 0.25) is 0 Å². The Morgan fingerprint density at radius 2 is 2.21 bits per heavy atom. The second kappa shape index (κ2) is 3.64. The third kappa shape index (κ3) is 2.34. The minimum atomic E-state index is -2.98. The Kier molecular flexibility index (Phi) is 3.03. The van der Waals surface area contributed by atoms with E-state index in [0.717, 1.165) is 4.88 Å². The zero-order valence-corrected chi connectivity index (χ0v) is 9.98. The second-order valence-electron chi connectivity index (χ2n) is 3.91. The maximum atomic E-state index is 11.5. The molecule has 1 aromatic heterocycles. The molecule has 0 saturated heterocycles. The number of rotatable bonds is 1. The molecule has 0 bridgehead atoms. The van der Waals surface area contributed by atoms with Gasteiger partial charge in [-0.25, -0.2) is 14.3 Å². The highest BCUT2D eigenvalue weighted by Crippen LogP contribution is 2.29. The molecule has 0 spiro atoms. The van der Waals surface area contributed by atoms with Gasteiger partial charge in [0.15, 0.2) is 0 Å². The van der Waals surface area contributed by atoms with Gasteiger partial charge in [0.2, 0.25) is 4.34 Å². The van der Waals surface area contributed by atoms with Crippen LogP contribution in [-0.4, -0.2) is 17.2 Å². The van der Waals surface area contributed by atoms with Crippen molar-refractivity contribution >= 4 is 29.2 Å². The molecule has 0 saturated carbocycles. The Labute approximate surface area is 89.7 Å². The van der Waals surface area contributed by atoms with Crippen molar-refractivity contribution in [3.05, 3.63) is 11.1 Å². The maximum absolute atomic E-state index is 11.5. The summed E-state index contributed by atoms with van der Waals surface area (Å²) >= 11 is 1.29. The highest BCUT2D eigenvalue weighted by Gasteiger charge is 2.19. The molecule has 76 valence electrons. The first kappa shape index (κ1) is 11.7. The Balaban J connectivity index is 3.20. The van der Waals surface area contributed by atoms with Crippen LogP contribution in [0.3, 0.4) is 0 Å². The Morgan fingerprint density at radius 3 is 2.57 bits per heavy atom. The van der Waals surface area contributed by atoms with Gasteiger partial charge in [-0.2, -0.15) is 0 Å². The SMILES string of the molecule is [B]N=S(N)(=O)c1ncc(C(C)(C)C)s1. The molecule has 14 heavy (non-hydrogen) atoms. The molecule has 1 rings (SSSR count). The first-order valence-electron chi connectivity index (χ1n) is 3.98. The van der Waals surface area contributed by atoms with Crippen LogP contribution in [0.1, 0.15) is 25.6 Å². The first-order valence-corrected chi connectivity index (χ1v) is 6.37. The van der Waals surface area contributed by atoms with Gasteiger partial charge in [0.1, 0.15) is 9.92 Å². The summed E-state index contributed by atoms with van der Waals surface area (Å²) in [6.07, 6.45) is 1.66. The molecule has 0 amide bonds. The summed E-state index contributed by atoms with van der Waals surface area (Å²) in [4.78, 5) is 4.98. The molecule has 2 radical (unpaired) electrons. The predicted octanol–water partition coefficient (Wildman–Crippen LogP) is 1.22. The third-order valence-electron chi connectivity index (χ3n) is 1.63. The standard InChI is InChI=1S/C7H12BN3OS2/c1-7(2,3)5-4-10-6(13-5)14(9,12)11-8/h4H,1-3H3,(H2,9,11,12). The predicted molar refractivity (Wildman–Crippen MR) is 59.6 cm³/mol. The Morgan fingerprint density at radius 1 is 1.64 bits per heavy atom. The van der Waals surface area contributed by atoms with E-state index in [0.29, 0.717) is 0 Å². The van der Waals surface area contributed by atoms with Gasteiger partial charge in [-0.3, -0.25) is 4.27 Å². The monoisotopic (exact) mass is 229 g/mol. The fraction of sp³-hybridized carbons (Fsp3) is 0.571. The number of nitrogens with two attached hydrogens (primary N) is 1. The van der Waals surface area contributed by atoms with Crippen LogP contribution < -0.4 is 5.14 Å². The van der Waals surface area contributed by atoms with Gasteiger partial charge in [-0.1, -0.05) is 20.8 Å². The van der Waals surface area contributed by atoms with Gasteiger partial charge in [-0.05, 0) is 5.41 Å². The zero-order chi connectivity index (χ0) is 11.0. The normalized spacial score (nSPS) is 16.3. The topological polar surface area (TPSA) is 68.3 Å². The molecule has 2 N–H and O–H groups in total. The quantitative estimate of drug-likeness (QED) is 0.735. The lowest BCUT2D eigenvalue weighted by molar-refractivity contribution is 0.602. The van der Waals surface area contributed by atoms with Gasteiger partial charge in [0.05, 0.1) is 0 Å². The van der Waals surface area contributed by atoms with E-state index in [4.69, 9.17) is 13.1 Å². The van der Waals surface area contributed by atoms with E-state index in [1.807, 2.05) is 20.8 Å². The molecule has 0 aliphatic carbocycles. The molecule has 1 unspecified atom stereocenters. The van der Waals surface area contributed by atoms with Crippen molar-refractivity contribution in [2.75, 3.05) is 0 Å². The van der Waals surface area contributed by atoms with Crippen LogP contribution in [0.4, 0.5) is 0 Å². The number of hydrogen-bond acceptors (Lipinski definition) is 4. The number of thiazole rings is 1. The number of nitrogens with zero attached hydrogens (tertiary/aromatic N) is 2. The van der Waals surface area contributed by atoms with E-state index in [1.54, 1.807) is 6.20 Å². The highest BCUT2D eigenvalue weighted by molar-refractivity contribution is 7.93. The van der Waals surface area contributed by atoms with Crippen molar-refractivity contribution in [3.63, 3.8) is 0 Å². The molecule has 4 nitrogen and oxygen atoms in total. The van der Waals surface area contributed by atoms with Crippen LogP contribution in [0.15, 0.2) is 14.8 Å². The third-order valence-corrected chi connectivity index (χ3v) is 4.73. The number of aromatic nitrogens is 1. The fourth-order valence-electron chi connectivity index (χ4n) is 0.785. The molecule has 0 aliphatic rings. The van der Waals surface area contributed by atoms with Crippen molar-refractivity contribution in [1.29, 1.82) is 0 Å². The minimum absolute atomic E-state index is 0.0277. The van der Waals surface area contributed by atoms with Crippen molar-refractivity contribution in [2.24, 2.45) is 9.41 Å². The summed E-state index contributed by atoms with van der Waals surface area (Å²) in [6.45, 7) is 6.13. The summed E-state index contributed by atoms with van der Waals surface area (Å²) in [7, 11) is 1.97. The van der Waals surface area contributed by atoms with Gasteiger partial charge in [0.25, 0.3) is 7.98 Å². The van der Waals surface area contributed by atoms with Crippen molar-refractivity contribution in [3.8, 4) is 0 Å². The summed E-state index contributed by atoms with van der Waals surface area (Å²) in [5.41, 5.74) is -0.0277. The summed E-state index contributed by atoms with van der Waals surface area (Å²) < 4.78 is 15.0. The van der Waals surface area contributed by atoms with E-state index in [9.17, 15) is 4.21 Å². The molecule has 0 aromatic carbocycles. The van der Waals surface area contributed by atoms with Crippen LogP contribution in [-0.2, 0) is 15.3 Å². The van der Waals surface area contributed by atoms with E-state index in [1.165, 1.54) is 11.3 Å². The second-order valence-corrected chi connectivity index (χ2v) is 6.94. The van der Waals surface area contributed by atoms with Crippen molar-refractivity contribution < 1.29 is 4.21 Å². The van der Waals surface area contributed by atoms with Crippen LogP contribution >= 0.6 is 11.3 Å². The van der Waals surface area contributed by atoms with Crippen LogP contribution in [0.25, 0.3) is 0 Å². The first-order chi connectivity index (χ1) is 6.27. The van der Waals surface area contributed by atoms with E-state index >= 15 is 0 Å². The molecular formula is C7H12BN3OS2. The lowest BCUT2D eigenvalue weighted by atomic mass is 9.96. The molecule has 1 aromatic rings. The molecule has 0 fully saturated rings. The summed E-state index contributed by atoms with van der Waals surface area (Å²) in [5, 5.41) is 5.38. The maximum Gasteiger partial charge on any atom is 0.276 e. The van der Waals surface area contributed by atoms with E-state index < -0.39 is 9.92 Å². The zero-order valence-electron chi connectivity index (χ0n) is 8.35. The minimum Gasteiger partial charge on any atom is -0.295 e. The van der Waals surface area contributed by atoms with Crippen molar-refractivity contribution in [1.82, 2.24) is 4.98 Å². The average Bonchev–Trinajstić information content (AvgIpc) is 2.51. The Bertz CT molecular complexity index is 440. The molecular weight excluding hydrogens is 217 g/mol. The van der Waals surface area contributed by atoms with Gasteiger partial charge in [-0.15, -0.1) is 11.3 Å². The van der Waals surface area contributed by atoms with Gasteiger partial charge in [0, 0.05) is 11.1 Å². The smallest absolute Gasteiger partial charge is 0.276 e. The summed E-state index contributed by atoms with van der Waals surface area (Å²) in [5.74, 6) is 0. The number of hydrogen-bond donors (Lipinski definition) is 1. The van der Waals surface area contributed by atoms with Crippen LogP contribution in [0, 0.1) is 0 Å². The molecule has 1 atom stereocenters. The Hall–Kier alpha value is -0.395. The largest absolute Gasteiger partial charge is 0.295 e. The van der Waals surface area contributed by atoms with Gasteiger partial charge < -0.3 is 0 Å². The average molecular weight is 229 g/mol. The lowest BCUT2D eigenvalue weighted by Gasteiger charge is -2.14. The lowest BCUT2D eigenvalue weighted by Crippen LogP contribution is -2.11. The van der Waals surface area contributed by atoms with E-state index in [-0.39, 0.29) is 9.75 Å². The molecule has 0 aliphatic heterocycles. The van der Waals surface area contributed by atoms with Gasteiger partial charge >= 0.3 is 0 Å². The van der Waals surface area contributed by atoms with Crippen molar-refractivity contribution in [2.45, 2.75) is 30.5 Å².